The zero-order valence-electron chi connectivity index (χ0n) is 10.9. The zero-order chi connectivity index (χ0) is 14.6. The van der Waals surface area contributed by atoms with E-state index in [1.54, 1.807) is 24.3 Å². The molecule has 1 aliphatic carbocycles. The Kier molecular flexibility index (Phi) is 4.49. The Balaban J connectivity index is 1.86. The number of aliphatic carboxylic acids is 1. The van der Waals surface area contributed by atoms with Crippen LogP contribution in [0.15, 0.2) is 24.3 Å². The van der Waals surface area contributed by atoms with Crippen LogP contribution in [-0.4, -0.2) is 29.1 Å². The van der Waals surface area contributed by atoms with E-state index in [9.17, 15) is 9.59 Å². The number of carboxylic acids is 1. The van der Waals surface area contributed by atoms with E-state index in [1.807, 2.05) is 0 Å². The highest BCUT2D eigenvalue weighted by atomic mass is 35.5. The van der Waals surface area contributed by atoms with E-state index in [-0.39, 0.29) is 18.9 Å². The van der Waals surface area contributed by atoms with Gasteiger partial charge in [-0.25, -0.2) is 0 Å². The van der Waals surface area contributed by atoms with Crippen LogP contribution in [0.1, 0.15) is 25.7 Å². The molecule has 0 spiro atoms. The van der Waals surface area contributed by atoms with Gasteiger partial charge in [0.15, 0.2) is 6.61 Å². The number of carboxylic acid groups (broad SMARTS) is 1. The largest absolute Gasteiger partial charge is 0.482 e. The quantitative estimate of drug-likeness (QED) is 0.844. The summed E-state index contributed by atoms with van der Waals surface area (Å²) in [5.74, 6) is -0.798. The highest BCUT2D eigenvalue weighted by Crippen LogP contribution is 2.34. The average molecular weight is 298 g/mol. The molecule has 0 bridgehead atoms. The lowest BCUT2D eigenvalue weighted by molar-refractivity contribution is -0.140. The molecule has 0 atom stereocenters. The van der Waals surface area contributed by atoms with Gasteiger partial charge in [-0.05, 0) is 31.4 Å². The van der Waals surface area contributed by atoms with Crippen LogP contribution in [0.3, 0.4) is 0 Å². The van der Waals surface area contributed by atoms with E-state index >= 15 is 0 Å². The summed E-state index contributed by atoms with van der Waals surface area (Å²) in [6, 6.07) is 6.88. The van der Waals surface area contributed by atoms with Crippen molar-refractivity contribution >= 4 is 23.5 Å². The van der Waals surface area contributed by atoms with Gasteiger partial charge in [-0.2, -0.15) is 0 Å². The van der Waals surface area contributed by atoms with Gasteiger partial charge in [-0.3, -0.25) is 9.59 Å². The first-order chi connectivity index (χ1) is 9.51. The molecule has 1 aromatic rings. The second-order valence-corrected chi connectivity index (χ2v) is 5.38. The molecule has 1 fully saturated rings. The minimum Gasteiger partial charge on any atom is -0.482 e. The lowest BCUT2D eigenvalue weighted by Crippen LogP contribution is -2.55. The molecule has 2 rings (SSSR count). The Labute approximate surface area is 121 Å². The molecule has 0 radical (unpaired) electrons. The van der Waals surface area contributed by atoms with Crippen molar-refractivity contribution in [1.29, 1.82) is 0 Å². The molecule has 5 nitrogen and oxygen atoms in total. The van der Waals surface area contributed by atoms with Crippen LogP contribution in [0.2, 0.25) is 5.02 Å². The van der Waals surface area contributed by atoms with Crippen LogP contribution < -0.4 is 10.1 Å². The third kappa shape index (κ3) is 3.63. The van der Waals surface area contributed by atoms with Crippen molar-refractivity contribution in [2.45, 2.75) is 31.2 Å². The SMILES string of the molecule is O=C(O)CC1(NC(=O)COc2ccccc2Cl)CCC1. The van der Waals surface area contributed by atoms with E-state index in [0.717, 1.165) is 6.42 Å². The van der Waals surface area contributed by atoms with Gasteiger partial charge in [0.2, 0.25) is 0 Å². The van der Waals surface area contributed by atoms with Crippen LogP contribution >= 0.6 is 11.6 Å². The topological polar surface area (TPSA) is 75.6 Å². The Morgan fingerprint density at radius 1 is 1.35 bits per heavy atom. The summed E-state index contributed by atoms with van der Waals surface area (Å²) in [5, 5.41) is 12.1. The third-order valence-corrected chi connectivity index (χ3v) is 3.71. The number of para-hydroxylation sites is 1. The zero-order valence-corrected chi connectivity index (χ0v) is 11.7. The predicted octanol–water partition coefficient (Wildman–Crippen LogP) is 2.23. The lowest BCUT2D eigenvalue weighted by Gasteiger charge is -2.41. The van der Waals surface area contributed by atoms with Gasteiger partial charge in [0.1, 0.15) is 5.75 Å². The Hall–Kier alpha value is -1.75. The highest BCUT2D eigenvalue weighted by Gasteiger charge is 2.40. The second-order valence-electron chi connectivity index (χ2n) is 4.97. The molecule has 2 N–H and O–H groups in total. The van der Waals surface area contributed by atoms with Crippen LogP contribution in [0, 0.1) is 0 Å². The normalized spacial score (nSPS) is 16.1. The molecule has 108 valence electrons. The minimum absolute atomic E-state index is 0.0508. The summed E-state index contributed by atoms with van der Waals surface area (Å²) < 4.78 is 5.33. The van der Waals surface area contributed by atoms with E-state index in [0.29, 0.717) is 23.6 Å². The number of carbonyl (C=O) groups excluding carboxylic acids is 1. The number of hydrogen-bond donors (Lipinski definition) is 2. The van der Waals surface area contributed by atoms with Gasteiger partial charge < -0.3 is 15.2 Å². The van der Waals surface area contributed by atoms with Crippen molar-refractivity contribution in [2.24, 2.45) is 0 Å². The van der Waals surface area contributed by atoms with E-state index < -0.39 is 11.5 Å². The molecule has 0 aromatic heterocycles. The standard InChI is InChI=1S/C14H16ClNO4/c15-10-4-1-2-5-11(10)20-9-12(17)16-14(6-3-7-14)8-13(18)19/h1-2,4-5H,3,6-9H2,(H,16,17)(H,18,19). The molecule has 6 heteroatoms. The maximum absolute atomic E-state index is 11.8. The number of amides is 1. The van der Waals surface area contributed by atoms with Crippen molar-refractivity contribution in [3.8, 4) is 5.75 Å². The van der Waals surface area contributed by atoms with Crippen LogP contribution in [0.4, 0.5) is 0 Å². The van der Waals surface area contributed by atoms with Crippen molar-refractivity contribution in [3.63, 3.8) is 0 Å². The van der Waals surface area contributed by atoms with Gasteiger partial charge in [-0.15, -0.1) is 0 Å². The Morgan fingerprint density at radius 3 is 2.60 bits per heavy atom. The molecule has 1 amide bonds. The molecule has 1 aliphatic rings. The van der Waals surface area contributed by atoms with Crippen LogP contribution in [0.5, 0.6) is 5.75 Å². The molecule has 1 saturated carbocycles. The molecular formula is C14H16ClNO4. The first-order valence-corrected chi connectivity index (χ1v) is 6.79. The second kappa shape index (κ2) is 6.13. The van der Waals surface area contributed by atoms with Crippen molar-refractivity contribution < 1.29 is 19.4 Å². The van der Waals surface area contributed by atoms with Crippen LogP contribution in [-0.2, 0) is 9.59 Å². The maximum Gasteiger partial charge on any atom is 0.305 e. The van der Waals surface area contributed by atoms with Gasteiger partial charge in [0, 0.05) is 0 Å². The number of nitrogens with one attached hydrogen (secondary N) is 1. The van der Waals surface area contributed by atoms with Crippen molar-refractivity contribution in [2.75, 3.05) is 6.61 Å². The molecular weight excluding hydrogens is 282 g/mol. The summed E-state index contributed by atoms with van der Waals surface area (Å²) in [6.45, 7) is -0.175. The first-order valence-electron chi connectivity index (χ1n) is 6.41. The summed E-state index contributed by atoms with van der Waals surface area (Å²) in [7, 11) is 0. The number of rotatable bonds is 6. The maximum atomic E-state index is 11.8. The summed E-state index contributed by atoms with van der Waals surface area (Å²) in [5.41, 5.74) is -0.604. The van der Waals surface area contributed by atoms with Gasteiger partial charge in [-0.1, -0.05) is 23.7 Å². The van der Waals surface area contributed by atoms with Gasteiger partial charge in [0.05, 0.1) is 17.0 Å². The average Bonchev–Trinajstić information content (AvgIpc) is 2.34. The highest BCUT2D eigenvalue weighted by molar-refractivity contribution is 6.32. The number of ether oxygens (including phenoxy) is 1. The molecule has 0 saturated heterocycles. The van der Waals surface area contributed by atoms with Gasteiger partial charge in [0.25, 0.3) is 5.91 Å². The Morgan fingerprint density at radius 2 is 2.05 bits per heavy atom. The fourth-order valence-corrected chi connectivity index (χ4v) is 2.47. The third-order valence-electron chi connectivity index (χ3n) is 3.40. The molecule has 0 unspecified atom stereocenters. The molecule has 1 aromatic carbocycles. The van der Waals surface area contributed by atoms with Crippen LogP contribution in [0.25, 0.3) is 0 Å². The molecule has 0 aliphatic heterocycles. The number of hydrogen-bond acceptors (Lipinski definition) is 3. The smallest absolute Gasteiger partial charge is 0.305 e. The van der Waals surface area contributed by atoms with Crippen molar-refractivity contribution in [3.05, 3.63) is 29.3 Å². The monoisotopic (exact) mass is 297 g/mol. The van der Waals surface area contributed by atoms with Gasteiger partial charge >= 0.3 is 5.97 Å². The van der Waals surface area contributed by atoms with E-state index in [2.05, 4.69) is 5.32 Å². The fraction of sp³-hybridized carbons (Fsp3) is 0.429. The lowest BCUT2D eigenvalue weighted by atomic mass is 9.74. The minimum atomic E-state index is -0.906. The van der Waals surface area contributed by atoms with E-state index in [1.165, 1.54) is 0 Å². The van der Waals surface area contributed by atoms with E-state index in [4.69, 9.17) is 21.4 Å². The van der Waals surface area contributed by atoms with Crippen molar-refractivity contribution in [1.82, 2.24) is 5.32 Å². The molecule has 20 heavy (non-hydrogen) atoms. The number of halogens is 1. The Bertz CT molecular complexity index is 514. The number of benzene rings is 1. The summed E-state index contributed by atoms with van der Waals surface area (Å²) >= 11 is 5.91. The molecule has 0 heterocycles. The number of carbonyl (C=O) groups is 2. The first kappa shape index (κ1) is 14.7. The summed E-state index contributed by atoms with van der Waals surface area (Å²) in [6.07, 6.45) is 2.26. The fourth-order valence-electron chi connectivity index (χ4n) is 2.28. The summed E-state index contributed by atoms with van der Waals surface area (Å²) in [4.78, 5) is 22.7. The predicted molar refractivity (Wildman–Crippen MR) is 73.9 cm³/mol.